The van der Waals surface area contributed by atoms with Crippen LogP contribution in [0.3, 0.4) is 0 Å². The lowest BCUT2D eigenvalue weighted by atomic mass is 10.3. The van der Waals surface area contributed by atoms with Crippen molar-refractivity contribution in [2.24, 2.45) is 0 Å². The number of benzene rings is 2. The number of rotatable bonds is 8. The molecule has 0 aliphatic carbocycles. The van der Waals surface area contributed by atoms with Crippen LogP contribution < -0.4 is 10.1 Å². The van der Waals surface area contributed by atoms with Crippen LogP contribution in [-0.4, -0.2) is 26.4 Å². The smallest absolute Gasteiger partial charge is 0.234 e. The lowest BCUT2D eigenvalue weighted by molar-refractivity contribution is -0.113. The van der Waals surface area contributed by atoms with E-state index in [9.17, 15) is 13.6 Å². The van der Waals surface area contributed by atoms with E-state index in [1.165, 1.54) is 17.8 Å². The van der Waals surface area contributed by atoms with Gasteiger partial charge in [0.25, 0.3) is 0 Å². The first-order valence-corrected chi connectivity index (χ1v) is 10.5. The highest BCUT2D eigenvalue weighted by Crippen LogP contribution is 2.27. The van der Waals surface area contributed by atoms with Crippen LogP contribution in [0.25, 0.3) is 0 Å². The summed E-state index contributed by atoms with van der Waals surface area (Å²) in [6.07, 6.45) is -0.632. The lowest BCUT2D eigenvalue weighted by Gasteiger charge is -2.16. The highest BCUT2D eigenvalue weighted by molar-refractivity contribution is 7.99. The number of thioether (sulfide) groups is 1. The van der Waals surface area contributed by atoms with Crippen LogP contribution in [0.1, 0.15) is 25.8 Å². The van der Waals surface area contributed by atoms with E-state index in [1.807, 2.05) is 6.92 Å². The number of aromatic nitrogens is 3. The summed E-state index contributed by atoms with van der Waals surface area (Å²) in [5.41, 5.74) is 0.606. The Labute approximate surface area is 181 Å². The summed E-state index contributed by atoms with van der Waals surface area (Å²) in [5, 5.41) is 12.1. The minimum Gasteiger partial charge on any atom is -0.480 e. The van der Waals surface area contributed by atoms with Gasteiger partial charge in [-0.25, -0.2) is 8.78 Å². The Kier molecular flexibility index (Phi) is 7.28. The molecular weight excluding hydrogens is 434 g/mol. The second-order valence-electron chi connectivity index (χ2n) is 6.27. The number of ether oxygens (including phenoxy) is 1. The maximum atomic E-state index is 13.9. The Morgan fingerprint density at radius 2 is 2.07 bits per heavy atom. The van der Waals surface area contributed by atoms with E-state index >= 15 is 0 Å². The predicted molar refractivity (Wildman–Crippen MR) is 112 cm³/mol. The zero-order valence-electron chi connectivity index (χ0n) is 16.2. The van der Waals surface area contributed by atoms with Crippen LogP contribution in [0.2, 0.25) is 5.02 Å². The van der Waals surface area contributed by atoms with E-state index in [-0.39, 0.29) is 17.4 Å². The molecule has 10 heteroatoms. The van der Waals surface area contributed by atoms with Gasteiger partial charge >= 0.3 is 0 Å². The molecule has 3 rings (SSSR count). The summed E-state index contributed by atoms with van der Waals surface area (Å²) in [5.74, 6) is -1.18. The van der Waals surface area contributed by atoms with Crippen molar-refractivity contribution < 1.29 is 18.3 Å². The number of carbonyl (C=O) groups excluding carboxylic acids is 1. The normalized spacial score (nSPS) is 11.9. The number of carbonyl (C=O) groups is 1. The van der Waals surface area contributed by atoms with E-state index in [0.29, 0.717) is 28.2 Å². The summed E-state index contributed by atoms with van der Waals surface area (Å²) in [7, 11) is 0. The van der Waals surface area contributed by atoms with Crippen molar-refractivity contribution in [1.82, 2.24) is 14.8 Å². The number of hydrogen-bond acceptors (Lipinski definition) is 5. The molecule has 1 heterocycles. The highest BCUT2D eigenvalue weighted by Gasteiger charge is 2.20. The molecule has 0 saturated carbocycles. The van der Waals surface area contributed by atoms with Crippen molar-refractivity contribution in [3.8, 4) is 5.75 Å². The molecule has 3 aromatic rings. The van der Waals surface area contributed by atoms with Crippen LogP contribution in [-0.2, 0) is 11.3 Å². The van der Waals surface area contributed by atoms with Crippen LogP contribution >= 0.6 is 23.4 Å². The van der Waals surface area contributed by atoms with Gasteiger partial charge in [0.2, 0.25) is 5.91 Å². The fourth-order valence-electron chi connectivity index (χ4n) is 2.71. The van der Waals surface area contributed by atoms with Gasteiger partial charge in [-0.1, -0.05) is 29.4 Å². The molecule has 2 aromatic carbocycles. The van der Waals surface area contributed by atoms with Crippen molar-refractivity contribution in [2.75, 3.05) is 11.1 Å². The summed E-state index contributed by atoms with van der Waals surface area (Å²) in [6, 6.07) is 9.97. The zero-order chi connectivity index (χ0) is 21.7. The third kappa shape index (κ3) is 5.48. The number of amides is 1. The summed E-state index contributed by atoms with van der Waals surface area (Å²) in [4.78, 5) is 12.2. The molecule has 0 saturated heterocycles. The molecule has 1 unspecified atom stereocenters. The van der Waals surface area contributed by atoms with E-state index in [0.717, 1.165) is 12.1 Å². The van der Waals surface area contributed by atoms with Crippen LogP contribution in [0, 0.1) is 11.6 Å². The van der Waals surface area contributed by atoms with Gasteiger partial charge < -0.3 is 14.6 Å². The molecule has 0 fully saturated rings. The van der Waals surface area contributed by atoms with E-state index < -0.39 is 17.7 Å². The first-order chi connectivity index (χ1) is 14.4. The second-order valence-corrected chi connectivity index (χ2v) is 7.65. The van der Waals surface area contributed by atoms with Crippen molar-refractivity contribution in [2.45, 2.75) is 31.7 Å². The quantitative estimate of drug-likeness (QED) is 0.481. The lowest BCUT2D eigenvalue weighted by Crippen LogP contribution is -2.15. The van der Waals surface area contributed by atoms with Gasteiger partial charge in [-0.2, -0.15) is 0 Å². The third-order valence-corrected chi connectivity index (χ3v) is 5.27. The molecule has 0 radical (unpaired) electrons. The maximum absolute atomic E-state index is 13.9. The summed E-state index contributed by atoms with van der Waals surface area (Å²) in [6.45, 7) is 4.12. The predicted octanol–water partition coefficient (Wildman–Crippen LogP) is 5.10. The Bertz CT molecular complexity index is 1050. The molecule has 1 amide bonds. The van der Waals surface area contributed by atoms with E-state index in [1.54, 1.807) is 35.8 Å². The van der Waals surface area contributed by atoms with Gasteiger partial charge in [0, 0.05) is 23.3 Å². The molecule has 6 nitrogen and oxygen atoms in total. The molecule has 30 heavy (non-hydrogen) atoms. The Morgan fingerprint density at radius 3 is 2.77 bits per heavy atom. The first-order valence-electron chi connectivity index (χ1n) is 9.10. The largest absolute Gasteiger partial charge is 0.480 e. The Hall–Kier alpha value is -2.65. The molecule has 0 spiro atoms. The molecule has 1 aromatic heterocycles. The van der Waals surface area contributed by atoms with Gasteiger partial charge in [-0.15, -0.1) is 10.2 Å². The number of anilines is 1. The van der Waals surface area contributed by atoms with Crippen molar-refractivity contribution in [3.63, 3.8) is 0 Å². The molecule has 1 N–H and O–H groups in total. The van der Waals surface area contributed by atoms with Crippen molar-refractivity contribution in [1.29, 1.82) is 0 Å². The highest BCUT2D eigenvalue weighted by atomic mass is 35.5. The fourth-order valence-corrected chi connectivity index (χ4v) is 3.71. The average Bonchev–Trinajstić information content (AvgIpc) is 3.11. The number of hydrogen-bond donors (Lipinski definition) is 1. The second kappa shape index (κ2) is 9.90. The summed E-state index contributed by atoms with van der Waals surface area (Å²) < 4.78 is 34.3. The topological polar surface area (TPSA) is 69.0 Å². The molecular formula is C20H19ClF2N4O2S. The number of nitrogens with one attached hydrogen (secondary N) is 1. The SMILES string of the molecule is CCn1c(SCC(=O)Nc2cccc(Cl)c2)nnc1C(C)Oc1ccc(F)cc1F. The zero-order valence-corrected chi connectivity index (χ0v) is 17.8. The van der Waals surface area contributed by atoms with Gasteiger partial charge in [0.15, 0.2) is 28.7 Å². The van der Waals surface area contributed by atoms with Crippen molar-refractivity contribution >= 4 is 35.0 Å². The van der Waals surface area contributed by atoms with Gasteiger partial charge in [-0.3, -0.25) is 4.79 Å². The number of nitrogens with zero attached hydrogens (tertiary/aromatic N) is 3. The standard InChI is InChI=1S/C20H19ClF2N4O2S/c1-3-27-19(12(2)29-17-8-7-14(22)10-16(17)23)25-26-20(27)30-11-18(28)24-15-6-4-5-13(21)9-15/h4-10,12H,3,11H2,1-2H3,(H,24,28). The first kappa shape index (κ1) is 22.0. The molecule has 158 valence electrons. The van der Waals surface area contributed by atoms with Gasteiger partial charge in [0.1, 0.15) is 5.82 Å². The molecule has 0 bridgehead atoms. The Balaban J connectivity index is 1.65. The fraction of sp³-hybridized carbons (Fsp3) is 0.250. The van der Waals surface area contributed by atoms with Crippen LogP contribution in [0.15, 0.2) is 47.6 Å². The van der Waals surface area contributed by atoms with E-state index in [2.05, 4.69) is 15.5 Å². The number of halogens is 3. The monoisotopic (exact) mass is 452 g/mol. The van der Waals surface area contributed by atoms with Gasteiger partial charge in [-0.05, 0) is 44.2 Å². The van der Waals surface area contributed by atoms with Gasteiger partial charge in [0.05, 0.1) is 5.75 Å². The van der Waals surface area contributed by atoms with E-state index in [4.69, 9.17) is 16.3 Å². The summed E-state index contributed by atoms with van der Waals surface area (Å²) >= 11 is 7.13. The third-order valence-electron chi connectivity index (χ3n) is 4.06. The van der Waals surface area contributed by atoms with Crippen LogP contribution in [0.5, 0.6) is 5.75 Å². The minimum atomic E-state index is -0.795. The molecule has 1 atom stereocenters. The maximum Gasteiger partial charge on any atom is 0.234 e. The minimum absolute atomic E-state index is 0.0790. The van der Waals surface area contributed by atoms with Crippen molar-refractivity contribution in [3.05, 3.63) is 64.9 Å². The molecule has 0 aliphatic heterocycles. The average molecular weight is 453 g/mol. The Morgan fingerprint density at radius 1 is 1.27 bits per heavy atom. The van der Waals surface area contributed by atoms with Crippen LogP contribution in [0.4, 0.5) is 14.5 Å². The molecule has 0 aliphatic rings.